The van der Waals surface area contributed by atoms with Gasteiger partial charge in [0.05, 0.1) is 11.0 Å². The molecule has 0 saturated carbocycles. The van der Waals surface area contributed by atoms with Crippen molar-refractivity contribution < 1.29 is 13.2 Å². The van der Waals surface area contributed by atoms with Crippen LogP contribution in [0.1, 0.15) is 26.2 Å². The van der Waals surface area contributed by atoms with Crippen LogP contribution < -0.4 is 0 Å². The van der Waals surface area contributed by atoms with Crippen LogP contribution in [0.4, 0.5) is 0 Å². The topological polar surface area (TPSA) is 59.5 Å². The molecule has 0 aromatic carbocycles. The molecule has 0 aliphatic carbocycles. The lowest BCUT2D eigenvalue weighted by Gasteiger charge is -2.31. The SMILES string of the molecule is CCCOC1CCCN(S(=O)(=O)c2ccnc(Cl)c2)C1. The maximum Gasteiger partial charge on any atom is 0.243 e. The molecule has 0 radical (unpaired) electrons. The molecular weight excluding hydrogens is 300 g/mol. The van der Waals surface area contributed by atoms with Gasteiger partial charge in [-0.05, 0) is 31.4 Å². The summed E-state index contributed by atoms with van der Waals surface area (Å²) in [6.07, 6.45) is 4.04. The molecule has 0 bridgehead atoms. The second-order valence-electron chi connectivity index (χ2n) is 4.81. The molecule has 0 spiro atoms. The van der Waals surface area contributed by atoms with Crippen LogP contribution in [-0.4, -0.2) is 43.5 Å². The lowest BCUT2D eigenvalue weighted by Crippen LogP contribution is -2.43. The van der Waals surface area contributed by atoms with Crippen LogP contribution in [0.2, 0.25) is 5.15 Å². The second kappa shape index (κ2) is 6.85. The summed E-state index contributed by atoms with van der Waals surface area (Å²) in [5.41, 5.74) is 0. The predicted molar refractivity (Wildman–Crippen MR) is 77.3 cm³/mol. The summed E-state index contributed by atoms with van der Waals surface area (Å²) in [4.78, 5) is 4.00. The fourth-order valence-electron chi connectivity index (χ4n) is 2.24. The first kappa shape index (κ1) is 15.7. The van der Waals surface area contributed by atoms with Crippen molar-refractivity contribution in [2.24, 2.45) is 0 Å². The lowest BCUT2D eigenvalue weighted by molar-refractivity contribution is 0.0193. The van der Waals surface area contributed by atoms with Crippen LogP contribution in [0.3, 0.4) is 0 Å². The number of ether oxygens (including phenoxy) is 1. The van der Waals surface area contributed by atoms with Crippen LogP contribution in [0.25, 0.3) is 0 Å². The highest BCUT2D eigenvalue weighted by atomic mass is 35.5. The fourth-order valence-corrected chi connectivity index (χ4v) is 4.00. The first-order valence-electron chi connectivity index (χ1n) is 6.77. The number of hydrogen-bond acceptors (Lipinski definition) is 4. The van der Waals surface area contributed by atoms with Gasteiger partial charge in [0, 0.05) is 25.9 Å². The summed E-state index contributed by atoms with van der Waals surface area (Å²) in [5, 5.41) is 0.182. The van der Waals surface area contributed by atoms with Gasteiger partial charge in [-0.25, -0.2) is 13.4 Å². The molecule has 5 nitrogen and oxygen atoms in total. The number of aromatic nitrogens is 1. The zero-order chi connectivity index (χ0) is 14.6. The molecule has 2 heterocycles. The van der Waals surface area contributed by atoms with Gasteiger partial charge in [0.1, 0.15) is 5.15 Å². The Bertz CT molecular complexity index is 550. The summed E-state index contributed by atoms with van der Waals surface area (Å²) in [5.74, 6) is 0. The van der Waals surface area contributed by atoms with Gasteiger partial charge in [0.25, 0.3) is 0 Å². The summed E-state index contributed by atoms with van der Waals surface area (Å²) in [6.45, 7) is 3.63. The molecule has 2 rings (SSSR count). The number of rotatable bonds is 5. The van der Waals surface area contributed by atoms with Crippen molar-refractivity contribution >= 4 is 21.6 Å². The van der Waals surface area contributed by atoms with Gasteiger partial charge < -0.3 is 4.74 Å². The van der Waals surface area contributed by atoms with E-state index in [4.69, 9.17) is 16.3 Å². The van der Waals surface area contributed by atoms with E-state index in [1.807, 2.05) is 6.92 Å². The Morgan fingerprint density at radius 3 is 3.05 bits per heavy atom. The monoisotopic (exact) mass is 318 g/mol. The largest absolute Gasteiger partial charge is 0.377 e. The molecule has 1 aromatic heterocycles. The van der Waals surface area contributed by atoms with Crippen molar-refractivity contribution in [2.75, 3.05) is 19.7 Å². The quantitative estimate of drug-likeness (QED) is 0.782. The summed E-state index contributed by atoms with van der Waals surface area (Å²) < 4.78 is 32.2. The molecule has 0 N–H and O–H groups in total. The van der Waals surface area contributed by atoms with Gasteiger partial charge in [-0.1, -0.05) is 18.5 Å². The van der Waals surface area contributed by atoms with E-state index < -0.39 is 10.0 Å². The Hall–Kier alpha value is -0.690. The van der Waals surface area contributed by atoms with E-state index in [-0.39, 0.29) is 16.2 Å². The molecule has 1 aliphatic rings. The number of nitrogens with zero attached hydrogens (tertiary/aromatic N) is 2. The average Bonchev–Trinajstić information content (AvgIpc) is 2.45. The van der Waals surface area contributed by atoms with E-state index in [1.54, 1.807) is 0 Å². The maximum absolute atomic E-state index is 12.5. The summed E-state index contributed by atoms with van der Waals surface area (Å²) in [6, 6.07) is 2.85. The number of piperidine rings is 1. The van der Waals surface area contributed by atoms with Gasteiger partial charge in [0.15, 0.2) is 0 Å². The van der Waals surface area contributed by atoms with Crippen molar-refractivity contribution in [3.05, 3.63) is 23.5 Å². The minimum Gasteiger partial charge on any atom is -0.377 e. The zero-order valence-corrected chi connectivity index (χ0v) is 13.0. The number of pyridine rings is 1. The first-order chi connectivity index (χ1) is 9.54. The van der Waals surface area contributed by atoms with Gasteiger partial charge in [-0.15, -0.1) is 0 Å². The van der Waals surface area contributed by atoms with E-state index in [0.717, 1.165) is 19.3 Å². The average molecular weight is 319 g/mol. The Morgan fingerprint density at radius 1 is 1.55 bits per heavy atom. The predicted octanol–water partition coefficient (Wildman–Crippen LogP) is 2.31. The second-order valence-corrected chi connectivity index (χ2v) is 7.14. The molecule has 7 heteroatoms. The van der Waals surface area contributed by atoms with Gasteiger partial charge in [-0.3, -0.25) is 0 Å². The molecule has 1 fully saturated rings. The fraction of sp³-hybridized carbons (Fsp3) is 0.615. The Kier molecular flexibility index (Phi) is 5.37. The molecule has 1 atom stereocenters. The third kappa shape index (κ3) is 3.69. The molecule has 1 unspecified atom stereocenters. The smallest absolute Gasteiger partial charge is 0.243 e. The third-order valence-electron chi connectivity index (χ3n) is 3.23. The van der Waals surface area contributed by atoms with Gasteiger partial charge in [-0.2, -0.15) is 4.31 Å². The van der Waals surface area contributed by atoms with E-state index in [2.05, 4.69) is 4.98 Å². The molecule has 20 heavy (non-hydrogen) atoms. The van der Waals surface area contributed by atoms with Crippen molar-refractivity contribution in [1.82, 2.24) is 9.29 Å². The van der Waals surface area contributed by atoms with Crippen molar-refractivity contribution in [3.63, 3.8) is 0 Å². The molecule has 0 amide bonds. The van der Waals surface area contributed by atoms with Crippen molar-refractivity contribution in [1.29, 1.82) is 0 Å². The molecule has 1 aromatic rings. The van der Waals surface area contributed by atoms with Crippen LogP contribution in [-0.2, 0) is 14.8 Å². The van der Waals surface area contributed by atoms with Crippen LogP contribution >= 0.6 is 11.6 Å². The van der Waals surface area contributed by atoms with E-state index in [9.17, 15) is 8.42 Å². The minimum atomic E-state index is -3.51. The zero-order valence-electron chi connectivity index (χ0n) is 11.5. The number of halogens is 1. The van der Waals surface area contributed by atoms with Crippen molar-refractivity contribution in [2.45, 2.75) is 37.2 Å². The standard InChI is InChI=1S/C13H19ClN2O3S/c1-2-8-19-11-4-3-7-16(10-11)20(17,18)12-5-6-15-13(14)9-12/h5-6,9,11H,2-4,7-8,10H2,1H3. The maximum atomic E-state index is 12.5. The number of hydrogen-bond donors (Lipinski definition) is 0. The highest BCUT2D eigenvalue weighted by Crippen LogP contribution is 2.23. The van der Waals surface area contributed by atoms with Crippen molar-refractivity contribution in [3.8, 4) is 0 Å². The van der Waals surface area contributed by atoms with Crippen LogP contribution in [0.15, 0.2) is 23.2 Å². The minimum absolute atomic E-state index is 0.0178. The number of sulfonamides is 1. The van der Waals surface area contributed by atoms with Crippen LogP contribution in [0.5, 0.6) is 0 Å². The highest BCUT2D eigenvalue weighted by Gasteiger charge is 2.30. The lowest BCUT2D eigenvalue weighted by atomic mass is 10.1. The molecule has 1 saturated heterocycles. The van der Waals surface area contributed by atoms with Gasteiger partial charge in [0.2, 0.25) is 10.0 Å². The Labute approximate surface area is 125 Å². The summed E-state index contributed by atoms with van der Waals surface area (Å²) in [7, 11) is -3.51. The third-order valence-corrected chi connectivity index (χ3v) is 5.30. The van der Waals surface area contributed by atoms with E-state index in [0.29, 0.717) is 19.7 Å². The molecule has 1 aliphatic heterocycles. The molecule has 112 valence electrons. The van der Waals surface area contributed by atoms with E-state index >= 15 is 0 Å². The van der Waals surface area contributed by atoms with Crippen LogP contribution in [0, 0.1) is 0 Å². The Morgan fingerprint density at radius 2 is 2.35 bits per heavy atom. The summed E-state index contributed by atoms with van der Waals surface area (Å²) >= 11 is 5.77. The first-order valence-corrected chi connectivity index (χ1v) is 8.59. The van der Waals surface area contributed by atoms with E-state index in [1.165, 1.54) is 22.6 Å². The Balaban J connectivity index is 2.13. The normalized spacial score (nSPS) is 21.0. The van der Waals surface area contributed by atoms with Gasteiger partial charge >= 0.3 is 0 Å². The molecular formula is C13H19ClN2O3S. The highest BCUT2D eigenvalue weighted by molar-refractivity contribution is 7.89.